The third-order valence-electron chi connectivity index (χ3n) is 2.69. The van der Waals surface area contributed by atoms with E-state index in [-0.39, 0.29) is 0 Å². The van der Waals surface area contributed by atoms with Crippen LogP contribution < -0.4 is 5.32 Å². The van der Waals surface area contributed by atoms with E-state index in [4.69, 9.17) is 5.11 Å². The van der Waals surface area contributed by atoms with Crippen LogP contribution in [0.15, 0.2) is 0 Å². The number of hydrogen-bond donors (Lipinski definition) is 2. The number of aliphatic hydroxyl groups excluding tert-OH is 1. The molecule has 1 unspecified atom stereocenters. The Morgan fingerprint density at radius 2 is 2.33 bits per heavy atom. The maximum atomic E-state index is 8.83. The molecule has 1 aliphatic carbocycles. The summed E-state index contributed by atoms with van der Waals surface area (Å²) in [5.41, 5.74) is 0. The van der Waals surface area contributed by atoms with Gasteiger partial charge in [0.2, 0.25) is 0 Å². The van der Waals surface area contributed by atoms with Gasteiger partial charge in [-0.05, 0) is 25.2 Å². The number of piperidine rings is 1. The summed E-state index contributed by atoms with van der Waals surface area (Å²) in [5, 5.41) is 12.2. The SMILES string of the molecule is OCC1N[C@H]2CC[C@@H]1C2. The zero-order valence-electron chi connectivity index (χ0n) is 5.51. The molecule has 0 radical (unpaired) electrons. The monoisotopic (exact) mass is 127 g/mol. The molecule has 52 valence electrons. The van der Waals surface area contributed by atoms with Crippen LogP contribution in [0.1, 0.15) is 19.3 Å². The van der Waals surface area contributed by atoms with E-state index >= 15 is 0 Å². The van der Waals surface area contributed by atoms with Crippen molar-refractivity contribution in [3.05, 3.63) is 0 Å². The van der Waals surface area contributed by atoms with Gasteiger partial charge in [-0.1, -0.05) is 0 Å². The zero-order valence-corrected chi connectivity index (χ0v) is 5.51. The van der Waals surface area contributed by atoms with Crippen molar-refractivity contribution in [3.8, 4) is 0 Å². The molecular weight excluding hydrogens is 114 g/mol. The molecule has 0 aromatic rings. The van der Waals surface area contributed by atoms with Crippen molar-refractivity contribution >= 4 is 0 Å². The largest absolute Gasteiger partial charge is 0.395 e. The van der Waals surface area contributed by atoms with Gasteiger partial charge in [0, 0.05) is 12.1 Å². The van der Waals surface area contributed by atoms with Crippen molar-refractivity contribution in [1.82, 2.24) is 5.32 Å². The van der Waals surface area contributed by atoms with E-state index in [2.05, 4.69) is 5.32 Å². The highest BCUT2D eigenvalue weighted by molar-refractivity contribution is 4.96. The van der Waals surface area contributed by atoms with Crippen LogP contribution in [0.2, 0.25) is 0 Å². The van der Waals surface area contributed by atoms with Gasteiger partial charge in [0.15, 0.2) is 0 Å². The van der Waals surface area contributed by atoms with Gasteiger partial charge in [-0.25, -0.2) is 0 Å². The standard InChI is InChI=1S/C7H13NO/c9-4-7-5-1-2-6(3-5)8-7/h5-9H,1-4H2/t5-,6+,7?/m1/s1. The average molecular weight is 127 g/mol. The summed E-state index contributed by atoms with van der Waals surface area (Å²) in [5.74, 6) is 0.792. The van der Waals surface area contributed by atoms with Gasteiger partial charge < -0.3 is 10.4 Å². The topological polar surface area (TPSA) is 32.3 Å². The van der Waals surface area contributed by atoms with Crippen molar-refractivity contribution in [2.24, 2.45) is 5.92 Å². The fourth-order valence-corrected chi connectivity index (χ4v) is 2.17. The molecule has 1 saturated carbocycles. The van der Waals surface area contributed by atoms with Gasteiger partial charge in [0.05, 0.1) is 6.61 Å². The first-order valence-electron chi connectivity index (χ1n) is 3.77. The molecule has 1 saturated heterocycles. The number of fused-ring (bicyclic) bond motifs is 2. The van der Waals surface area contributed by atoms with Gasteiger partial charge in [-0.3, -0.25) is 0 Å². The molecule has 0 aromatic carbocycles. The molecule has 9 heavy (non-hydrogen) atoms. The minimum Gasteiger partial charge on any atom is -0.395 e. The lowest BCUT2D eigenvalue weighted by Gasteiger charge is -2.20. The van der Waals surface area contributed by atoms with Gasteiger partial charge >= 0.3 is 0 Å². The minimum atomic E-state index is 0.334. The van der Waals surface area contributed by atoms with Crippen LogP contribution in [0, 0.1) is 5.92 Å². The van der Waals surface area contributed by atoms with Crippen molar-refractivity contribution in [1.29, 1.82) is 0 Å². The number of rotatable bonds is 1. The zero-order chi connectivity index (χ0) is 6.27. The predicted octanol–water partition coefficient (Wildman–Crippen LogP) is 0.119. The van der Waals surface area contributed by atoms with Crippen LogP contribution in [-0.4, -0.2) is 23.8 Å². The van der Waals surface area contributed by atoms with Crippen molar-refractivity contribution in [2.45, 2.75) is 31.3 Å². The summed E-state index contributed by atoms with van der Waals surface area (Å²) in [7, 11) is 0. The Hall–Kier alpha value is -0.0800. The molecule has 2 aliphatic rings. The molecule has 3 atom stereocenters. The van der Waals surface area contributed by atoms with Gasteiger partial charge in [0.25, 0.3) is 0 Å². The molecule has 0 amide bonds. The van der Waals surface area contributed by atoms with E-state index < -0.39 is 0 Å². The molecule has 1 aliphatic heterocycles. The second kappa shape index (κ2) is 1.96. The minimum absolute atomic E-state index is 0.334. The number of hydrogen-bond acceptors (Lipinski definition) is 2. The molecule has 0 aromatic heterocycles. The summed E-state index contributed by atoms with van der Waals surface area (Å²) in [6.07, 6.45) is 3.98. The molecule has 2 heteroatoms. The summed E-state index contributed by atoms with van der Waals surface area (Å²) in [4.78, 5) is 0. The van der Waals surface area contributed by atoms with E-state index in [0.29, 0.717) is 12.6 Å². The fraction of sp³-hybridized carbons (Fsp3) is 1.00. The second-order valence-corrected chi connectivity index (χ2v) is 3.23. The normalized spacial score (nSPS) is 48.3. The van der Waals surface area contributed by atoms with Crippen molar-refractivity contribution in [2.75, 3.05) is 6.61 Å². The van der Waals surface area contributed by atoms with Crippen LogP contribution in [0.4, 0.5) is 0 Å². The van der Waals surface area contributed by atoms with Crippen molar-refractivity contribution < 1.29 is 5.11 Å². The predicted molar refractivity (Wildman–Crippen MR) is 35.1 cm³/mol. The summed E-state index contributed by atoms with van der Waals surface area (Å²) >= 11 is 0. The highest BCUT2D eigenvalue weighted by Crippen LogP contribution is 2.34. The van der Waals surface area contributed by atoms with E-state index in [1.165, 1.54) is 19.3 Å². The molecule has 1 heterocycles. The summed E-state index contributed by atoms with van der Waals surface area (Å²) < 4.78 is 0. The summed E-state index contributed by atoms with van der Waals surface area (Å²) in [6.45, 7) is 0.334. The molecule has 2 rings (SSSR count). The van der Waals surface area contributed by atoms with Gasteiger partial charge in [-0.15, -0.1) is 0 Å². The lowest BCUT2D eigenvalue weighted by atomic mass is 10.0. The highest BCUT2D eigenvalue weighted by atomic mass is 16.3. The van der Waals surface area contributed by atoms with Gasteiger partial charge in [0.1, 0.15) is 0 Å². The summed E-state index contributed by atoms with van der Waals surface area (Å²) in [6, 6.07) is 1.18. The Morgan fingerprint density at radius 3 is 2.67 bits per heavy atom. The van der Waals surface area contributed by atoms with E-state index in [1.54, 1.807) is 0 Å². The Morgan fingerprint density at radius 1 is 1.44 bits per heavy atom. The Balaban J connectivity index is 2.01. The fourth-order valence-electron chi connectivity index (χ4n) is 2.17. The first-order valence-corrected chi connectivity index (χ1v) is 3.77. The Bertz CT molecular complexity index is 115. The van der Waals surface area contributed by atoms with E-state index in [9.17, 15) is 0 Å². The quantitative estimate of drug-likeness (QED) is 0.524. The average Bonchev–Trinajstić information content (AvgIpc) is 2.45. The van der Waals surface area contributed by atoms with Crippen LogP contribution in [0.25, 0.3) is 0 Å². The number of nitrogens with one attached hydrogen (secondary N) is 1. The maximum absolute atomic E-state index is 8.83. The van der Waals surface area contributed by atoms with E-state index in [1.807, 2.05) is 0 Å². The van der Waals surface area contributed by atoms with Crippen LogP contribution in [-0.2, 0) is 0 Å². The van der Waals surface area contributed by atoms with Crippen LogP contribution >= 0.6 is 0 Å². The molecule has 2 N–H and O–H groups in total. The molecule has 2 bridgehead atoms. The number of aliphatic hydroxyl groups is 1. The molecule has 0 spiro atoms. The Kier molecular flexibility index (Phi) is 1.24. The van der Waals surface area contributed by atoms with Crippen LogP contribution in [0.5, 0.6) is 0 Å². The van der Waals surface area contributed by atoms with Crippen LogP contribution in [0.3, 0.4) is 0 Å². The first kappa shape index (κ1) is 5.69. The highest BCUT2D eigenvalue weighted by Gasteiger charge is 2.38. The smallest absolute Gasteiger partial charge is 0.0587 e. The molecule has 2 nitrogen and oxygen atoms in total. The molecular formula is C7H13NO. The second-order valence-electron chi connectivity index (χ2n) is 3.23. The van der Waals surface area contributed by atoms with E-state index in [0.717, 1.165) is 12.0 Å². The Labute approximate surface area is 55.3 Å². The lowest BCUT2D eigenvalue weighted by Crippen LogP contribution is -2.37. The third kappa shape index (κ3) is 0.775. The first-order chi connectivity index (χ1) is 4.40. The lowest BCUT2D eigenvalue weighted by molar-refractivity contribution is 0.210. The third-order valence-corrected chi connectivity index (χ3v) is 2.69. The van der Waals surface area contributed by atoms with Crippen molar-refractivity contribution in [3.63, 3.8) is 0 Å². The van der Waals surface area contributed by atoms with Gasteiger partial charge in [-0.2, -0.15) is 0 Å². The maximum Gasteiger partial charge on any atom is 0.0587 e. The molecule has 2 fully saturated rings.